The van der Waals surface area contributed by atoms with Crippen LogP contribution < -0.4 is 5.09 Å². The molecule has 0 spiro atoms. The van der Waals surface area contributed by atoms with Crippen molar-refractivity contribution < 1.29 is 4.57 Å². The summed E-state index contributed by atoms with van der Waals surface area (Å²) in [5, 5.41) is 3.06. The molecule has 0 saturated heterocycles. The molecule has 4 saturated carbocycles. The van der Waals surface area contributed by atoms with Crippen molar-refractivity contribution in [3.05, 3.63) is 0 Å². The van der Waals surface area contributed by atoms with Gasteiger partial charge >= 0.3 is 0 Å². The number of nitrogens with one attached hydrogen (secondary N) is 1. The second-order valence-corrected chi connectivity index (χ2v) is 9.94. The summed E-state index contributed by atoms with van der Waals surface area (Å²) in [6.07, 6.45) is 7.49. The van der Waals surface area contributed by atoms with Crippen molar-refractivity contribution in [2.45, 2.75) is 50.6 Å². The smallest absolute Gasteiger partial charge is 0.238 e. The van der Waals surface area contributed by atoms with Crippen LogP contribution in [-0.2, 0) is 4.57 Å². The number of hydrogen-bond acceptors (Lipinski definition) is 1. The summed E-state index contributed by atoms with van der Waals surface area (Å²) in [5.74, 6) is 2.45. The Morgan fingerprint density at radius 2 is 1.62 bits per heavy atom. The van der Waals surface area contributed by atoms with Crippen LogP contribution in [0.5, 0.6) is 0 Å². The third-order valence-electron chi connectivity index (χ3n) is 4.98. The third-order valence-corrected chi connectivity index (χ3v) is 8.90. The van der Waals surface area contributed by atoms with Gasteiger partial charge in [-0.25, -0.2) is 0 Å². The minimum absolute atomic E-state index is 0.0423. The van der Waals surface area contributed by atoms with Crippen LogP contribution in [0.2, 0.25) is 0 Å². The van der Waals surface area contributed by atoms with Crippen LogP contribution in [0.15, 0.2) is 0 Å². The molecule has 4 aliphatic rings. The largest absolute Gasteiger partial charge is 0.289 e. The third kappa shape index (κ3) is 1.61. The number of halogens is 1. The van der Waals surface area contributed by atoms with E-state index in [1.165, 1.54) is 19.3 Å². The van der Waals surface area contributed by atoms with Gasteiger partial charge < -0.3 is 0 Å². The normalized spacial score (nSPS) is 49.2. The van der Waals surface area contributed by atoms with Gasteiger partial charge in [0.1, 0.15) is 0 Å². The van der Waals surface area contributed by atoms with E-state index in [0.29, 0.717) is 0 Å². The molecule has 16 heavy (non-hydrogen) atoms. The summed E-state index contributed by atoms with van der Waals surface area (Å²) in [4.78, 5) is 0. The van der Waals surface area contributed by atoms with Crippen LogP contribution in [-0.4, -0.2) is 11.7 Å². The van der Waals surface area contributed by atoms with E-state index in [-0.39, 0.29) is 5.16 Å². The molecule has 0 amide bonds. The van der Waals surface area contributed by atoms with Gasteiger partial charge in [0, 0.05) is 0 Å². The van der Waals surface area contributed by atoms with Crippen molar-refractivity contribution in [3.8, 4) is 0 Å². The van der Waals surface area contributed by atoms with Crippen LogP contribution in [0.1, 0.15) is 45.4 Å². The molecule has 0 heterocycles. The molecule has 4 rings (SSSR count). The highest BCUT2D eigenvalue weighted by Gasteiger charge is 2.58. The predicted octanol–water partition coefficient (Wildman–Crippen LogP) is 4.00. The summed E-state index contributed by atoms with van der Waals surface area (Å²) in [7, 11) is 0. The first-order valence-electron chi connectivity index (χ1n) is 6.59. The second-order valence-electron chi connectivity index (χ2n) is 6.19. The number of hydrogen-bond donors (Lipinski definition) is 1. The van der Waals surface area contributed by atoms with Gasteiger partial charge in [0.05, 0.1) is 5.16 Å². The Balaban J connectivity index is 1.91. The van der Waals surface area contributed by atoms with E-state index in [2.05, 4.69) is 5.09 Å². The average Bonchev–Trinajstić information content (AvgIpc) is 2.14. The van der Waals surface area contributed by atoms with Crippen molar-refractivity contribution in [2.75, 3.05) is 6.54 Å². The molecule has 4 heteroatoms. The van der Waals surface area contributed by atoms with Crippen LogP contribution in [0.4, 0.5) is 0 Å². The summed E-state index contributed by atoms with van der Waals surface area (Å²) < 4.78 is 12.7. The Kier molecular flexibility index (Phi) is 2.70. The Labute approximate surface area is 103 Å². The standard InChI is InChI=1S/C12H21ClNOP/c1-2-14-16(13,15)12-6-9-3-10(7-12)5-11(4-9)8-12/h9-11H,2-8H2,1H3,(H,14,15). The van der Waals surface area contributed by atoms with Crippen LogP contribution in [0.25, 0.3) is 0 Å². The maximum Gasteiger partial charge on any atom is 0.238 e. The molecular weight excluding hydrogens is 241 g/mol. The van der Waals surface area contributed by atoms with Crippen molar-refractivity contribution in [1.29, 1.82) is 0 Å². The summed E-state index contributed by atoms with van der Waals surface area (Å²) in [6.45, 7) is 0.0506. The van der Waals surface area contributed by atoms with Gasteiger partial charge in [0.15, 0.2) is 0 Å². The van der Waals surface area contributed by atoms with E-state index >= 15 is 0 Å². The molecule has 2 nitrogen and oxygen atoms in total. The van der Waals surface area contributed by atoms with E-state index < -0.39 is 6.65 Å². The SMILES string of the molecule is CCNP(=O)(Cl)C12CC3CC(CC(C3)C1)C2. The maximum absolute atomic E-state index is 12.7. The fraction of sp³-hybridized carbons (Fsp3) is 1.00. The van der Waals surface area contributed by atoms with Gasteiger partial charge in [-0.1, -0.05) is 6.92 Å². The number of rotatable bonds is 3. The molecule has 0 aromatic rings. The van der Waals surface area contributed by atoms with E-state index in [1.54, 1.807) is 0 Å². The average molecular weight is 262 g/mol. The highest BCUT2D eigenvalue weighted by Crippen LogP contribution is 2.73. The molecule has 0 radical (unpaired) electrons. The minimum Gasteiger partial charge on any atom is -0.289 e. The van der Waals surface area contributed by atoms with Gasteiger partial charge in [-0.3, -0.25) is 9.65 Å². The Morgan fingerprint density at radius 3 is 2.00 bits per heavy atom. The zero-order valence-corrected chi connectivity index (χ0v) is 11.6. The molecular formula is C12H21ClNOP. The quantitative estimate of drug-likeness (QED) is 0.778. The Bertz CT molecular complexity index is 309. The molecule has 4 aliphatic carbocycles. The van der Waals surface area contributed by atoms with Gasteiger partial charge in [0.2, 0.25) is 6.65 Å². The summed E-state index contributed by atoms with van der Waals surface area (Å²) in [5.41, 5.74) is 0. The predicted molar refractivity (Wildman–Crippen MR) is 68.0 cm³/mol. The van der Waals surface area contributed by atoms with Crippen LogP contribution in [0, 0.1) is 17.8 Å². The highest BCUT2D eigenvalue weighted by atomic mass is 35.7. The lowest BCUT2D eigenvalue weighted by Crippen LogP contribution is -2.51. The summed E-state index contributed by atoms with van der Waals surface area (Å²) in [6, 6.07) is 0. The molecule has 4 fully saturated rings. The minimum atomic E-state index is -2.67. The van der Waals surface area contributed by atoms with E-state index in [4.69, 9.17) is 11.2 Å². The molecule has 0 aromatic heterocycles. The molecule has 1 N–H and O–H groups in total. The first kappa shape index (κ1) is 11.6. The lowest BCUT2D eigenvalue weighted by molar-refractivity contribution is 0.0332. The molecule has 92 valence electrons. The molecule has 1 atom stereocenters. The molecule has 0 aliphatic heterocycles. The van der Waals surface area contributed by atoms with E-state index in [1.807, 2.05) is 6.92 Å². The summed E-state index contributed by atoms with van der Waals surface area (Å²) >= 11 is 6.40. The molecule has 4 bridgehead atoms. The topological polar surface area (TPSA) is 29.1 Å². The Morgan fingerprint density at radius 1 is 1.19 bits per heavy atom. The van der Waals surface area contributed by atoms with Crippen molar-refractivity contribution >= 4 is 17.9 Å². The van der Waals surface area contributed by atoms with Gasteiger partial charge in [-0.2, -0.15) is 0 Å². The van der Waals surface area contributed by atoms with E-state index in [9.17, 15) is 4.57 Å². The van der Waals surface area contributed by atoms with Crippen molar-refractivity contribution in [2.24, 2.45) is 17.8 Å². The Hall–Kier alpha value is 0.480. The molecule has 0 aromatic carbocycles. The van der Waals surface area contributed by atoms with Crippen LogP contribution in [0.3, 0.4) is 0 Å². The lowest BCUT2D eigenvalue weighted by atomic mass is 9.56. The second kappa shape index (κ2) is 3.73. The highest BCUT2D eigenvalue weighted by molar-refractivity contribution is 7.88. The maximum atomic E-state index is 12.7. The zero-order chi connectivity index (χ0) is 11.4. The first-order chi connectivity index (χ1) is 7.55. The van der Waals surface area contributed by atoms with Gasteiger partial charge in [0.25, 0.3) is 0 Å². The van der Waals surface area contributed by atoms with E-state index in [0.717, 1.165) is 43.6 Å². The van der Waals surface area contributed by atoms with Crippen LogP contribution >= 0.6 is 17.9 Å². The fourth-order valence-electron chi connectivity index (χ4n) is 4.79. The van der Waals surface area contributed by atoms with Crippen molar-refractivity contribution in [1.82, 2.24) is 5.09 Å². The molecule has 1 unspecified atom stereocenters. The first-order valence-corrected chi connectivity index (χ1v) is 9.21. The van der Waals surface area contributed by atoms with Gasteiger partial charge in [-0.15, -0.1) is 0 Å². The van der Waals surface area contributed by atoms with Gasteiger partial charge in [-0.05, 0) is 74.1 Å². The van der Waals surface area contributed by atoms with Crippen molar-refractivity contribution in [3.63, 3.8) is 0 Å². The monoisotopic (exact) mass is 261 g/mol. The fourth-order valence-corrected chi connectivity index (χ4v) is 7.99. The zero-order valence-electron chi connectivity index (χ0n) is 9.92. The lowest BCUT2D eigenvalue weighted by Gasteiger charge is -2.57.